The molecule has 0 heterocycles. The molecule has 4 heavy (non-hydrogen) atoms. The Kier molecular flexibility index (Phi) is 3.94. The van der Waals surface area contributed by atoms with E-state index in [4.69, 9.17) is 0 Å². The van der Waals surface area contributed by atoms with E-state index in [0.717, 1.165) is 23.5 Å². The molecule has 1 nitrogen and oxygen atoms in total. The summed E-state index contributed by atoms with van der Waals surface area (Å²) >= 11 is 0.969. The minimum absolute atomic E-state index is 0.875. The van der Waals surface area contributed by atoms with Crippen molar-refractivity contribution in [1.82, 2.24) is 0 Å². The van der Waals surface area contributed by atoms with Gasteiger partial charge in [0.2, 0.25) is 0 Å². The van der Waals surface area contributed by atoms with Crippen LogP contribution in [0.5, 0.6) is 0 Å². The number of hydrogen-bond donors (Lipinski definition) is 0. The van der Waals surface area contributed by atoms with Gasteiger partial charge in [0.25, 0.3) is 0 Å². The molecule has 0 unspecified atom stereocenters. The van der Waals surface area contributed by atoms with Crippen molar-refractivity contribution in [3.8, 4) is 0 Å². The summed E-state index contributed by atoms with van der Waals surface area (Å²) in [5.74, 6) is 0. The molecule has 2 heteroatoms. The van der Waals surface area contributed by atoms with Crippen LogP contribution < -0.4 is 0 Å². The fourth-order valence-electron chi connectivity index (χ4n) is 0. The van der Waals surface area contributed by atoms with Gasteiger partial charge in [-0.2, -0.15) is 0 Å². The van der Waals surface area contributed by atoms with Gasteiger partial charge in [-0.05, 0) is 0 Å². The normalized spacial score (nSPS) is 7.50. The molecule has 0 aliphatic carbocycles. The van der Waals surface area contributed by atoms with Crippen LogP contribution in [0.1, 0.15) is 6.92 Å². The summed E-state index contributed by atoms with van der Waals surface area (Å²) in [7, 11) is 0. The first-order valence-corrected chi connectivity index (χ1v) is 2.50. The molecule has 0 fully saturated rings. The van der Waals surface area contributed by atoms with Gasteiger partial charge in [0.1, 0.15) is 0 Å². The van der Waals surface area contributed by atoms with Crippen molar-refractivity contribution in [3.05, 3.63) is 0 Å². The van der Waals surface area contributed by atoms with E-state index in [1.807, 2.05) is 6.92 Å². The molecule has 0 aromatic carbocycles. The third-order valence-corrected chi connectivity index (χ3v) is 1.06. The Hall–Kier alpha value is 0.503. The van der Waals surface area contributed by atoms with Crippen molar-refractivity contribution < 1.29 is 3.76 Å². The number of rotatable bonds is 1. The number of hydrogen-bond acceptors (Lipinski definition) is 1. The third-order valence-electron chi connectivity index (χ3n) is 0.204. The van der Waals surface area contributed by atoms with Crippen LogP contribution in [0.25, 0.3) is 0 Å². The van der Waals surface area contributed by atoms with Crippen LogP contribution in [-0.4, -0.2) is 23.5 Å². The van der Waals surface area contributed by atoms with E-state index in [-0.39, 0.29) is 0 Å². The zero-order valence-corrected chi connectivity index (χ0v) is 5.79. The summed E-state index contributed by atoms with van der Waals surface area (Å²) in [4.78, 5) is 0. The predicted octanol–water partition coefficient (Wildman–Crippen LogP) is -0.429. The van der Waals surface area contributed by atoms with Gasteiger partial charge in [-0.3, -0.25) is 0 Å². The van der Waals surface area contributed by atoms with E-state index in [1.165, 1.54) is 0 Å². The van der Waals surface area contributed by atoms with Crippen LogP contribution in [0, 0.1) is 0 Å². The molecule has 0 saturated heterocycles. The molecule has 0 aromatic rings. The van der Waals surface area contributed by atoms with Gasteiger partial charge in [-0.25, -0.2) is 0 Å². The minimum atomic E-state index is 0.875. The Balaban J connectivity index is 1.97. The summed E-state index contributed by atoms with van der Waals surface area (Å²) in [6.07, 6.45) is 0. The first-order valence-electron chi connectivity index (χ1n) is 1.28. The van der Waals surface area contributed by atoms with Gasteiger partial charge in [0.15, 0.2) is 0 Å². The molecule has 0 aromatic heterocycles. The standard InChI is InChI=1S/C2H7GeO/c1-2-4-3/h2-3H2,1H3. The van der Waals surface area contributed by atoms with Crippen molar-refractivity contribution >= 4 is 16.9 Å². The Morgan fingerprint density at radius 1 is 2.00 bits per heavy atom. The van der Waals surface area contributed by atoms with Crippen molar-refractivity contribution in [2.75, 3.05) is 6.61 Å². The average Bonchev–Trinajstić information content (AvgIpc) is 1.37. The quantitative estimate of drug-likeness (QED) is 0.426. The van der Waals surface area contributed by atoms with Crippen molar-refractivity contribution in [3.63, 3.8) is 0 Å². The van der Waals surface area contributed by atoms with E-state index in [0.29, 0.717) is 0 Å². The predicted molar refractivity (Wildman–Crippen MR) is 20.2 cm³/mol. The fraction of sp³-hybridized carbons (Fsp3) is 1.00. The second-order valence-corrected chi connectivity index (χ2v) is 1.35. The Morgan fingerprint density at radius 3 is 2.25 bits per heavy atom. The van der Waals surface area contributed by atoms with Crippen LogP contribution in [0.2, 0.25) is 0 Å². The van der Waals surface area contributed by atoms with Crippen molar-refractivity contribution in [2.24, 2.45) is 0 Å². The molecule has 0 amide bonds. The third kappa shape index (κ3) is 2.50. The summed E-state index contributed by atoms with van der Waals surface area (Å²) in [6, 6.07) is 0. The molecule has 0 aliphatic heterocycles. The van der Waals surface area contributed by atoms with Gasteiger partial charge in [0, 0.05) is 0 Å². The molecule has 25 valence electrons. The van der Waals surface area contributed by atoms with E-state index in [2.05, 4.69) is 3.76 Å². The summed E-state index contributed by atoms with van der Waals surface area (Å²) < 4.78 is 4.67. The SMILES string of the molecule is CC[O][GeH2]. The van der Waals surface area contributed by atoms with E-state index >= 15 is 0 Å². The van der Waals surface area contributed by atoms with Crippen molar-refractivity contribution in [1.29, 1.82) is 0 Å². The summed E-state index contributed by atoms with van der Waals surface area (Å²) in [5, 5.41) is 0. The molecule has 0 spiro atoms. The second kappa shape index (κ2) is 3.50. The topological polar surface area (TPSA) is 9.23 Å². The van der Waals surface area contributed by atoms with Crippen LogP contribution in [0.3, 0.4) is 0 Å². The molecule has 0 saturated carbocycles. The molecule has 0 aliphatic rings. The summed E-state index contributed by atoms with van der Waals surface area (Å²) in [5.41, 5.74) is 0. The summed E-state index contributed by atoms with van der Waals surface area (Å²) in [6.45, 7) is 2.86. The molecular weight excluding hydrogens is 113 g/mol. The van der Waals surface area contributed by atoms with Gasteiger partial charge >= 0.3 is 34.1 Å². The average molecular weight is 120 g/mol. The van der Waals surface area contributed by atoms with Gasteiger partial charge < -0.3 is 0 Å². The van der Waals surface area contributed by atoms with Gasteiger partial charge in [0.05, 0.1) is 0 Å². The Labute approximate surface area is 34.9 Å². The van der Waals surface area contributed by atoms with Crippen LogP contribution in [0.4, 0.5) is 0 Å². The molecule has 1 radical (unpaired) electrons. The zero-order chi connectivity index (χ0) is 3.41. The molecule has 0 bridgehead atoms. The maximum atomic E-state index is 4.67. The zero-order valence-electron chi connectivity index (χ0n) is 2.82. The molecule has 0 N–H and O–H groups in total. The van der Waals surface area contributed by atoms with Crippen molar-refractivity contribution in [2.45, 2.75) is 6.92 Å². The monoisotopic (exact) mass is 121 g/mol. The Morgan fingerprint density at radius 2 is 2.25 bits per heavy atom. The first kappa shape index (κ1) is 4.50. The molecular formula is C2H7GeO. The first-order chi connectivity index (χ1) is 1.91. The second-order valence-electron chi connectivity index (χ2n) is 0.493. The van der Waals surface area contributed by atoms with Crippen LogP contribution >= 0.6 is 0 Å². The van der Waals surface area contributed by atoms with E-state index in [1.54, 1.807) is 0 Å². The van der Waals surface area contributed by atoms with Gasteiger partial charge in [-0.1, -0.05) is 0 Å². The Bertz CT molecular complexity index is 8.00. The molecule has 0 atom stereocenters. The van der Waals surface area contributed by atoms with E-state index < -0.39 is 0 Å². The fourth-order valence-corrected chi connectivity index (χ4v) is 0. The van der Waals surface area contributed by atoms with E-state index in [9.17, 15) is 0 Å². The molecule has 0 rings (SSSR count). The van der Waals surface area contributed by atoms with Gasteiger partial charge in [-0.15, -0.1) is 0 Å². The maximum absolute atomic E-state index is 4.67. The van der Waals surface area contributed by atoms with Crippen LogP contribution in [-0.2, 0) is 3.76 Å². The van der Waals surface area contributed by atoms with Crippen LogP contribution in [0.15, 0.2) is 0 Å².